The zero-order valence-corrected chi connectivity index (χ0v) is 16.5. The van der Waals surface area contributed by atoms with Gasteiger partial charge in [0.1, 0.15) is 5.82 Å². The quantitative estimate of drug-likeness (QED) is 0.607. The molecule has 0 saturated heterocycles. The smallest absolute Gasteiger partial charge is 0.340 e. The lowest BCUT2D eigenvalue weighted by atomic mass is 10.0. The molecule has 0 saturated carbocycles. The van der Waals surface area contributed by atoms with E-state index in [1.807, 2.05) is 24.3 Å². The maximum absolute atomic E-state index is 13.7. The van der Waals surface area contributed by atoms with Crippen molar-refractivity contribution in [3.05, 3.63) is 70.1 Å². The number of nitrogens with one attached hydrogen (secondary N) is 1. The summed E-state index contributed by atoms with van der Waals surface area (Å²) in [6.07, 6.45) is 0. The van der Waals surface area contributed by atoms with E-state index in [2.05, 4.69) is 10.3 Å². The number of methoxy groups -OCH3 is 1. The number of anilines is 1. The minimum Gasteiger partial charge on any atom is -0.452 e. The van der Waals surface area contributed by atoms with Crippen molar-refractivity contribution in [2.45, 2.75) is 13.5 Å². The number of carbonyl (C=O) groups is 2. The Hall–Kier alpha value is -3.03. The molecule has 6 nitrogen and oxygen atoms in total. The number of fused-ring (bicyclic) bond motifs is 1. The number of aryl methyl sites for hydroxylation is 1. The Morgan fingerprint density at radius 1 is 1.21 bits per heavy atom. The number of ether oxygens (including phenoxy) is 2. The number of nitrogens with zero attached hydrogens (tertiary/aromatic N) is 1. The molecule has 3 aromatic rings. The molecule has 0 bridgehead atoms. The Labute approximate surface area is 171 Å². The largest absolute Gasteiger partial charge is 0.452 e. The fourth-order valence-corrected chi connectivity index (χ4v) is 3.11. The molecule has 1 N–H and O–H groups in total. The number of rotatable bonds is 6. The van der Waals surface area contributed by atoms with Crippen LogP contribution in [0.4, 0.5) is 10.1 Å². The van der Waals surface area contributed by atoms with Gasteiger partial charge in [-0.2, -0.15) is 0 Å². The van der Waals surface area contributed by atoms with Crippen molar-refractivity contribution in [2.75, 3.05) is 19.0 Å². The monoisotopic (exact) mass is 416 g/mol. The Morgan fingerprint density at radius 2 is 1.97 bits per heavy atom. The van der Waals surface area contributed by atoms with Gasteiger partial charge in [-0.05, 0) is 36.8 Å². The topological polar surface area (TPSA) is 77.5 Å². The summed E-state index contributed by atoms with van der Waals surface area (Å²) in [5.41, 5.74) is 1.96. The number of benzene rings is 2. The predicted molar refractivity (Wildman–Crippen MR) is 108 cm³/mol. The van der Waals surface area contributed by atoms with E-state index in [9.17, 15) is 14.0 Å². The lowest BCUT2D eigenvalue weighted by Gasteiger charge is -2.14. The summed E-state index contributed by atoms with van der Waals surface area (Å²) in [7, 11) is 1.49. The highest BCUT2D eigenvalue weighted by Crippen LogP contribution is 2.24. The van der Waals surface area contributed by atoms with Crippen LogP contribution in [0, 0.1) is 12.7 Å². The summed E-state index contributed by atoms with van der Waals surface area (Å²) >= 11 is 5.80. The van der Waals surface area contributed by atoms with Gasteiger partial charge in [0.2, 0.25) is 0 Å². The molecule has 0 atom stereocenters. The zero-order valence-electron chi connectivity index (χ0n) is 15.8. The average molecular weight is 417 g/mol. The van der Waals surface area contributed by atoms with Gasteiger partial charge in [0.25, 0.3) is 5.91 Å². The fraction of sp³-hybridized carbons (Fsp3) is 0.190. The van der Waals surface area contributed by atoms with E-state index in [1.165, 1.54) is 19.2 Å². The molecule has 2 aromatic carbocycles. The van der Waals surface area contributed by atoms with E-state index in [4.69, 9.17) is 21.1 Å². The van der Waals surface area contributed by atoms with Crippen LogP contribution < -0.4 is 5.32 Å². The number of halogens is 2. The molecule has 1 amide bonds. The standard InChI is InChI=1S/C21H18ClFN2O4/c1-12-14-5-3-4-6-16(14)24-18(10-28-2)20(12)21(27)29-11-19(26)25-17-9-13(22)7-8-15(17)23/h3-9H,10-11H2,1-2H3,(H,25,26). The van der Waals surface area contributed by atoms with Crippen molar-refractivity contribution in [1.82, 2.24) is 4.98 Å². The number of carbonyl (C=O) groups excluding carboxylic acids is 2. The van der Waals surface area contributed by atoms with E-state index in [0.29, 0.717) is 11.3 Å². The third kappa shape index (κ3) is 4.70. The first-order valence-corrected chi connectivity index (χ1v) is 9.07. The number of esters is 1. The highest BCUT2D eigenvalue weighted by Gasteiger charge is 2.21. The molecule has 0 radical (unpaired) electrons. The van der Waals surface area contributed by atoms with Gasteiger partial charge in [-0.1, -0.05) is 29.8 Å². The van der Waals surface area contributed by atoms with Crippen LogP contribution in [0.25, 0.3) is 10.9 Å². The van der Waals surface area contributed by atoms with E-state index in [0.717, 1.165) is 17.0 Å². The molecule has 1 aromatic heterocycles. The number of aromatic nitrogens is 1. The van der Waals surface area contributed by atoms with Gasteiger partial charge in [0.15, 0.2) is 6.61 Å². The molecule has 8 heteroatoms. The summed E-state index contributed by atoms with van der Waals surface area (Å²) < 4.78 is 24.0. The highest BCUT2D eigenvalue weighted by molar-refractivity contribution is 6.30. The zero-order chi connectivity index (χ0) is 21.0. The third-order valence-corrected chi connectivity index (χ3v) is 4.48. The molecule has 0 spiro atoms. The second kappa shape index (κ2) is 8.98. The maximum atomic E-state index is 13.7. The van der Waals surface area contributed by atoms with Gasteiger partial charge in [-0.25, -0.2) is 14.2 Å². The summed E-state index contributed by atoms with van der Waals surface area (Å²) in [5.74, 6) is -2.06. The first-order chi connectivity index (χ1) is 13.9. The minimum atomic E-state index is -0.713. The van der Waals surface area contributed by atoms with Crippen molar-refractivity contribution in [3.8, 4) is 0 Å². The van der Waals surface area contributed by atoms with Crippen LogP contribution in [0.5, 0.6) is 0 Å². The Balaban J connectivity index is 1.78. The third-order valence-electron chi connectivity index (χ3n) is 4.25. The molecule has 0 fully saturated rings. The van der Waals surface area contributed by atoms with Gasteiger partial charge in [0.05, 0.1) is 29.1 Å². The van der Waals surface area contributed by atoms with Crippen LogP contribution in [0.15, 0.2) is 42.5 Å². The molecule has 150 valence electrons. The fourth-order valence-electron chi connectivity index (χ4n) is 2.94. The second-order valence-electron chi connectivity index (χ2n) is 6.26. The molecule has 0 unspecified atom stereocenters. The van der Waals surface area contributed by atoms with Gasteiger partial charge in [-0.3, -0.25) is 4.79 Å². The summed E-state index contributed by atoms with van der Waals surface area (Å²) in [5, 5.41) is 3.39. The van der Waals surface area contributed by atoms with Gasteiger partial charge >= 0.3 is 5.97 Å². The summed E-state index contributed by atoms with van der Waals surface area (Å²) in [6, 6.07) is 11.1. The van der Waals surface area contributed by atoms with Gasteiger partial charge < -0.3 is 14.8 Å². The van der Waals surface area contributed by atoms with E-state index in [1.54, 1.807) is 6.92 Å². The Kier molecular flexibility index (Phi) is 6.41. The summed E-state index contributed by atoms with van der Waals surface area (Å²) in [6.45, 7) is 1.29. The molecular formula is C21H18ClFN2O4. The lowest BCUT2D eigenvalue weighted by molar-refractivity contribution is -0.119. The molecule has 0 aliphatic rings. The average Bonchev–Trinajstić information content (AvgIpc) is 2.69. The second-order valence-corrected chi connectivity index (χ2v) is 6.69. The number of hydrogen-bond donors (Lipinski definition) is 1. The predicted octanol–water partition coefficient (Wildman–Crippen LogP) is 4.28. The van der Waals surface area contributed by atoms with Crippen LogP contribution in [0.3, 0.4) is 0 Å². The van der Waals surface area contributed by atoms with E-state index < -0.39 is 24.3 Å². The van der Waals surface area contributed by atoms with E-state index >= 15 is 0 Å². The number of amides is 1. The van der Waals surface area contributed by atoms with Crippen molar-refractivity contribution < 1.29 is 23.5 Å². The molecule has 0 aliphatic carbocycles. The number of para-hydroxylation sites is 1. The van der Waals surface area contributed by atoms with Crippen LogP contribution >= 0.6 is 11.6 Å². The molecule has 0 aliphatic heterocycles. The van der Waals surface area contributed by atoms with Crippen LogP contribution in [-0.2, 0) is 20.9 Å². The first-order valence-electron chi connectivity index (χ1n) is 8.70. The molecule has 1 heterocycles. The van der Waals surface area contributed by atoms with Crippen molar-refractivity contribution in [1.29, 1.82) is 0 Å². The maximum Gasteiger partial charge on any atom is 0.340 e. The molecule has 29 heavy (non-hydrogen) atoms. The van der Waals surface area contributed by atoms with Crippen molar-refractivity contribution in [2.24, 2.45) is 0 Å². The Morgan fingerprint density at radius 3 is 2.72 bits per heavy atom. The van der Waals surface area contributed by atoms with Gasteiger partial charge in [-0.15, -0.1) is 0 Å². The normalized spacial score (nSPS) is 10.8. The summed E-state index contributed by atoms with van der Waals surface area (Å²) in [4.78, 5) is 29.2. The van der Waals surface area contributed by atoms with Crippen molar-refractivity contribution in [3.63, 3.8) is 0 Å². The SMILES string of the molecule is COCc1nc2ccccc2c(C)c1C(=O)OCC(=O)Nc1cc(Cl)ccc1F. The van der Waals surface area contributed by atoms with E-state index in [-0.39, 0.29) is 22.9 Å². The molecular weight excluding hydrogens is 399 g/mol. The number of hydrogen-bond acceptors (Lipinski definition) is 5. The highest BCUT2D eigenvalue weighted by atomic mass is 35.5. The Bertz CT molecular complexity index is 1090. The van der Waals surface area contributed by atoms with Crippen LogP contribution in [-0.4, -0.2) is 30.6 Å². The first kappa shape index (κ1) is 20.7. The van der Waals surface area contributed by atoms with Crippen LogP contribution in [0.2, 0.25) is 5.02 Å². The van der Waals surface area contributed by atoms with Crippen LogP contribution in [0.1, 0.15) is 21.6 Å². The minimum absolute atomic E-state index is 0.0952. The molecule has 3 rings (SSSR count). The van der Waals surface area contributed by atoms with Crippen molar-refractivity contribution >= 4 is 40.1 Å². The lowest BCUT2D eigenvalue weighted by Crippen LogP contribution is -2.23. The number of pyridine rings is 1. The van der Waals surface area contributed by atoms with Gasteiger partial charge in [0, 0.05) is 17.5 Å².